The van der Waals surface area contributed by atoms with Gasteiger partial charge in [-0.1, -0.05) is 31.2 Å². The zero-order chi connectivity index (χ0) is 16.9. The number of hydrogen-bond donors (Lipinski definition) is 2. The fourth-order valence-electron chi connectivity index (χ4n) is 2.12. The summed E-state index contributed by atoms with van der Waals surface area (Å²) >= 11 is 1.61. The highest BCUT2D eigenvalue weighted by Crippen LogP contribution is 2.19. The average Bonchev–Trinajstić information content (AvgIpc) is 2.60. The molecule has 0 aliphatic rings. The lowest BCUT2D eigenvalue weighted by Gasteiger charge is -2.13. The van der Waals surface area contributed by atoms with E-state index >= 15 is 0 Å². The van der Waals surface area contributed by atoms with E-state index in [1.165, 1.54) is 0 Å². The molecule has 2 rings (SSSR count). The summed E-state index contributed by atoms with van der Waals surface area (Å²) in [5.74, 6) is 0. The maximum atomic E-state index is 12.2. The quantitative estimate of drug-likeness (QED) is 0.753. The molecule has 124 valence electrons. The van der Waals surface area contributed by atoms with E-state index in [-0.39, 0.29) is 11.4 Å². The maximum absolute atomic E-state index is 12.2. The number of benzene rings is 2. The molecule has 23 heavy (non-hydrogen) atoms. The Balaban J connectivity index is 2.02. The van der Waals surface area contributed by atoms with Crippen molar-refractivity contribution < 1.29 is 13.5 Å². The third-order valence-corrected chi connectivity index (χ3v) is 5.79. The lowest BCUT2D eigenvalue weighted by Crippen LogP contribution is -2.28. The molecule has 2 aromatic carbocycles. The van der Waals surface area contributed by atoms with Gasteiger partial charge in [0.25, 0.3) is 0 Å². The van der Waals surface area contributed by atoms with Crippen LogP contribution in [0.2, 0.25) is 0 Å². The molecule has 0 aromatic heterocycles. The predicted molar refractivity (Wildman–Crippen MR) is 94.2 cm³/mol. The highest BCUT2D eigenvalue weighted by Gasteiger charge is 2.16. The van der Waals surface area contributed by atoms with Crippen molar-refractivity contribution in [3.8, 4) is 0 Å². The second-order valence-electron chi connectivity index (χ2n) is 5.14. The van der Waals surface area contributed by atoms with Gasteiger partial charge in [0.1, 0.15) is 0 Å². The van der Waals surface area contributed by atoms with Crippen molar-refractivity contribution in [2.45, 2.75) is 29.2 Å². The third kappa shape index (κ3) is 4.81. The molecule has 0 saturated carbocycles. The number of aliphatic hydroxyl groups is 1. The van der Waals surface area contributed by atoms with Gasteiger partial charge in [-0.3, -0.25) is 0 Å². The summed E-state index contributed by atoms with van der Waals surface area (Å²) in [6.45, 7) is 1.96. The van der Waals surface area contributed by atoms with Crippen LogP contribution in [-0.2, 0) is 16.4 Å². The third-order valence-electron chi connectivity index (χ3n) is 3.61. The Morgan fingerprint density at radius 2 is 1.70 bits per heavy atom. The summed E-state index contributed by atoms with van der Waals surface area (Å²) in [5, 5.41) is 10.1. The molecule has 0 heterocycles. The fourth-order valence-corrected chi connectivity index (χ4v) is 3.57. The van der Waals surface area contributed by atoms with Gasteiger partial charge in [-0.05, 0) is 48.1 Å². The Morgan fingerprint density at radius 1 is 1.09 bits per heavy atom. The molecule has 0 radical (unpaired) electrons. The highest BCUT2D eigenvalue weighted by atomic mass is 32.2. The van der Waals surface area contributed by atoms with Crippen molar-refractivity contribution in [2.24, 2.45) is 0 Å². The minimum absolute atomic E-state index is 0.0591. The van der Waals surface area contributed by atoms with Gasteiger partial charge in [-0.15, -0.1) is 11.8 Å². The number of rotatable bonds is 7. The van der Waals surface area contributed by atoms with Crippen LogP contribution < -0.4 is 4.72 Å². The molecule has 0 saturated heterocycles. The Bertz CT molecular complexity index is 725. The Labute approximate surface area is 142 Å². The molecule has 4 nitrogen and oxygen atoms in total. The van der Waals surface area contributed by atoms with Gasteiger partial charge >= 0.3 is 0 Å². The van der Waals surface area contributed by atoms with Gasteiger partial charge in [-0.2, -0.15) is 0 Å². The van der Waals surface area contributed by atoms with Crippen molar-refractivity contribution in [2.75, 3.05) is 12.8 Å². The highest BCUT2D eigenvalue weighted by molar-refractivity contribution is 7.98. The van der Waals surface area contributed by atoms with Gasteiger partial charge < -0.3 is 5.11 Å². The molecule has 1 atom stereocenters. The maximum Gasteiger partial charge on any atom is 0.240 e. The smallest absolute Gasteiger partial charge is 0.240 e. The number of aryl methyl sites for hydroxylation is 1. The van der Waals surface area contributed by atoms with E-state index in [1.807, 2.05) is 25.3 Å². The van der Waals surface area contributed by atoms with Crippen LogP contribution in [-0.4, -0.2) is 26.3 Å². The van der Waals surface area contributed by atoms with E-state index in [0.717, 1.165) is 16.9 Å². The van der Waals surface area contributed by atoms with Crippen LogP contribution in [0.1, 0.15) is 24.2 Å². The molecule has 2 N–H and O–H groups in total. The largest absolute Gasteiger partial charge is 0.387 e. The summed E-state index contributed by atoms with van der Waals surface area (Å²) < 4.78 is 26.9. The Kier molecular flexibility index (Phi) is 6.24. The Morgan fingerprint density at radius 3 is 2.22 bits per heavy atom. The molecule has 1 unspecified atom stereocenters. The van der Waals surface area contributed by atoms with Crippen molar-refractivity contribution in [3.05, 3.63) is 59.7 Å². The average molecular weight is 351 g/mol. The van der Waals surface area contributed by atoms with E-state index in [0.29, 0.717) is 5.56 Å². The fraction of sp³-hybridized carbons (Fsp3) is 0.294. The molecule has 0 bridgehead atoms. The standard InChI is InChI=1S/C17H21NO3S2/c1-3-13-4-10-16(11-5-13)23(20,21)18-12-17(19)14-6-8-15(22-2)9-7-14/h4-11,17-19H,3,12H2,1-2H3. The van der Waals surface area contributed by atoms with E-state index in [9.17, 15) is 13.5 Å². The van der Waals surface area contributed by atoms with Crippen molar-refractivity contribution in [1.29, 1.82) is 0 Å². The predicted octanol–water partition coefficient (Wildman–Crippen LogP) is 2.98. The van der Waals surface area contributed by atoms with Crippen molar-refractivity contribution >= 4 is 21.8 Å². The summed E-state index contributed by atoms with van der Waals surface area (Å²) in [7, 11) is -3.62. The van der Waals surface area contributed by atoms with E-state index < -0.39 is 16.1 Å². The monoisotopic (exact) mass is 351 g/mol. The van der Waals surface area contributed by atoms with Gasteiger partial charge in [0.05, 0.1) is 11.0 Å². The normalized spacial score (nSPS) is 13.0. The SMILES string of the molecule is CCc1ccc(S(=O)(=O)NCC(O)c2ccc(SC)cc2)cc1. The van der Waals surface area contributed by atoms with E-state index in [2.05, 4.69) is 4.72 Å². The first-order valence-corrected chi connectivity index (χ1v) is 10.1. The molecule has 0 spiro atoms. The van der Waals surface area contributed by atoms with Crippen LogP contribution in [0.3, 0.4) is 0 Å². The number of nitrogens with one attached hydrogen (secondary N) is 1. The van der Waals surface area contributed by atoms with Crippen molar-refractivity contribution in [1.82, 2.24) is 4.72 Å². The molecular formula is C17H21NO3S2. The van der Waals surface area contributed by atoms with Crippen LogP contribution in [0.25, 0.3) is 0 Å². The van der Waals surface area contributed by atoms with Crippen LogP contribution in [0.5, 0.6) is 0 Å². The number of hydrogen-bond acceptors (Lipinski definition) is 4. The van der Waals surface area contributed by atoms with E-state index in [4.69, 9.17) is 0 Å². The number of sulfonamides is 1. The molecule has 0 fully saturated rings. The van der Waals surface area contributed by atoms with Crippen molar-refractivity contribution in [3.63, 3.8) is 0 Å². The number of thioether (sulfide) groups is 1. The second kappa shape index (κ2) is 7.97. The van der Waals surface area contributed by atoms with Crippen LogP contribution in [0.4, 0.5) is 0 Å². The van der Waals surface area contributed by atoms with Crippen LogP contribution in [0.15, 0.2) is 58.3 Å². The second-order valence-corrected chi connectivity index (χ2v) is 7.78. The molecule has 2 aromatic rings. The summed E-state index contributed by atoms with van der Waals surface area (Å²) in [6.07, 6.45) is 1.96. The summed E-state index contributed by atoms with van der Waals surface area (Å²) in [6, 6.07) is 14.2. The van der Waals surface area contributed by atoms with Gasteiger partial charge in [0, 0.05) is 11.4 Å². The summed E-state index contributed by atoms with van der Waals surface area (Å²) in [5.41, 5.74) is 1.77. The molecular weight excluding hydrogens is 330 g/mol. The first-order valence-electron chi connectivity index (χ1n) is 7.37. The van der Waals surface area contributed by atoms with Gasteiger partial charge in [0.15, 0.2) is 0 Å². The molecule has 0 aliphatic heterocycles. The zero-order valence-electron chi connectivity index (χ0n) is 13.2. The first kappa shape index (κ1) is 18.0. The first-order chi connectivity index (χ1) is 11.0. The Hall–Kier alpha value is -1.34. The van der Waals surface area contributed by atoms with Crippen LogP contribution >= 0.6 is 11.8 Å². The van der Waals surface area contributed by atoms with Gasteiger partial charge in [0.2, 0.25) is 10.0 Å². The zero-order valence-corrected chi connectivity index (χ0v) is 14.8. The van der Waals surface area contributed by atoms with Crippen LogP contribution in [0, 0.1) is 0 Å². The lowest BCUT2D eigenvalue weighted by molar-refractivity contribution is 0.182. The minimum Gasteiger partial charge on any atom is -0.387 e. The molecule has 6 heteroatoms. The van der Waals surface area contributed by atoms with Gasteiger partial charge in [-0.25, -0.2) is 13.1 Å². The summed E-state index contributed by atoms with van der Waals surface area (Å²) in [4.78, 5) is 1.30. The molecule has 0 amide bonds. The number of aliphatic hydroxyl groups excluding tert-OH is 1. The minimum atomic E-state index is -3.62. The topological polar surface area (TPSA) is 66.4 Å². The van der Waals surface area contributed by atoms with E-state index in [1.54, 1.807) is 48.2 Å². The lowest BCUT2D eigenvalue weighted by atomic mass is 10.1. The molecule has 0 aliphatic carbocycles.